The van der Waals surface area contributed by atoms with Crippen molar-refractivity contribution in [3.8, 4) is 5.75 Å². The number of rotatable bonds is 2. The van der Waals surface area contributed by atoms with Gasteiger partial charge in [0, 0.05) is 5.02 Å². The fraction of sp³-hybridized carbons (Fsp3) is 0.222. The summed E-state index contributed by atoms with van der Waals surface area (Å²) in [5.74, 6) is -1.75. The van der Waals surface area contributed by atoms with Crippen molar-refractivity contribution in [3.05, 3.63) is 28.3 Å². The van der Waals surface area contributed by atoms with Gasteiger partial charge >= 0.3 is 6.18 Å². The van der Waals surface area contributed by atoms with Crippen molar-refractivity contribution in [2.45, 2.75) is 6.18 Å². The van der Waals surface area contributed by atoms with Crippen LogP contribution in [0, 0.1) is 0 Å². The fourth-order valence-electron chi connectivity index (χ4n) is 1.23. The Labute approximate surface area is 93.9 Å². The summed E-state index contributed by atoms with van der Waals surface area (Å²) in [6.45, 7) is 0. The number of benzene rings is 1. The highest BCUT2D eigenvalue weighted by atomic mass is 35.5. The van der Waals surface area contributed by atoms with E-state index in [2.05, 4.69) is 4.74 Å². The van der Waals surface area contributed by atoms with Gasteiger partial charge in [-0.15, -0.1) is 0 Å². The molecular formula is C9H7ClF3NO2. The molecule has 1 amide bonds. The minimum absolute atomic E-state index is 0.0568. The molecule has 0 heterocycles. The standard InChI is InChI=1S/C9H7ClF3NO2/c1-16-6-3-4(10)2-5(8(14)15)7(6)9(11,12)13/h2-3H,1H3,(H2,14,15). The lowest BCUT2D eigenvalue weighted by Gasteiger charge is -2.15. The average Bonchev–Trinajstić information content (AvgIpc) is 2.14. The zero-order valence-corrected chi connectivity index (χ0v) is 8.82. The number of ether oxygens (including phenoxy) is 1. The molecule has 7 heteroatoms. The van der Waals surface area contributed by atoms with Crippen LogP contribution in [0.2, 0.25) is 5.02 Å². The minimum Gasteiger partial charge on any atom is -0.496 e. The van der Waals surface area contributed by atoms with E-state index >= 15 is 0 Å². The Morgan fingerprint density at radius 1 is 1.44 bits per heavy atom. The lowest BCUT2D eigenvalue weighted by atomic mass is 10.1. The third-order valence-corrected chi connectivity index (χ3v) is 2.05. The van der Waals surface area contributed by atoms with Crippen molar-refractivity contribution in [2.75, 3.05) is 7.11 Å². The molecule has 3 nitrogen and oxygen atoms in total. The maximum atomic E-state index is 12.7. The summed E-state index contributed by atoms with van der Waals surface area (Å²) < 4.78 is 42.5. The van der Waals surface area contributed by atoms with E-state index in [0.717, 1.165) is 19.2 Å². The molecule has 0 bridgehead atoms. The van der Waals surface area contributed by atoms with Crippen LogP contribution >= 0.6 is 11.6 Å². The first-order chi connectivity index (χ1) is 7.27. The molecule has 0 aliphatic carbocycles. The van der Waals surface area contributed by atoms with E-state index in [-0.39, 0.29) is 5.02 Å². The SMILES string of the molecule is COc1cc(Cl)cc(C(N)=O)c1C(F)(F)F. The Kier molecular flexibility index (Phi) is 3.32. The molecule has 0 atom stereocenters. The number of primary amides is 1. The molecule has 1 aromatic carbocycles. The number of methoxy groups -OCH3 is 1. The maximum Gasteiger partial charge on any atom is 0.420 e. The predicted molar refractivity (Wildman–Crippen MR) is 51.5 cm³/mol. The van der Waals surface area contributed by atoms with Gasteiger partial charge in [0.15, 0.2) is 0 Å². The number of nitrogens with two attached hydrogens (primary N) is 1. The van der Waals surface area contributed by atoms with E-state index in [9.17, 15) is 18.0 Å². The van der Waals surface area contributed by atoms with E-state index in [0.29, 0.717) is 0 Å². The largest absolute Gasteiger partial charge is 0.496 e. The second kappa shape index (κ2) is 4.21. The van der Waals surface area contributed by atoms with Crippen LogP contribution in [-0.4, -0.2) is 13.0 Å². The first-order valence-electron chi connectivity index (χ1n) is 4.02. The average molecular weight is 254 g/mol. The van der Waals surface area contributed by atoms with Gasteiger partial charge in [-0.1, -0.05) is 11.6 Å². The minimum atomic E-state index is -4.74. The van der Waals surface area contributed by atoms with Crippen LogP contribution in [0.4, 0.5) is 13.2 Å². The molecule has 0 aliphatic heterocycles. The third-order valence-electron chi connectivity index (χ3n) is 1.84. The normalized spacial score (nSPS) is 11.3. The van der Waals surface area contributed by atoms with Gasteiger partial charge in [0.2, 0.25) is 5.91 Å². The molecule has 2 N–H and O–H groups in total. The second-order valence-corrected chi connectivity index (χ2v) is 3.33. The van der Waals surface area contributed by atoms with Crippen LogP contribution in [-0.2, 0) is 6.18 Å². The molecule has 1 rings (SSSR count). The number of alkyl halides is 3. The molecule has 1 aromatic rings. The van der Waals surface area contributed by atoms with Crippen molar-refractivity contribution in [1.29, 1.82) is 0 Å². The van der Waals surface area contributed by atoms with Gasteiger partial charge in [0.25, 0.3) is 0 Å². The van der Waals surface area contributed by atoms with Crippen LogP contribution in [0.3, 0.4) is 0 Å². The number of carbonyl (C=O) groups excluding carboxylic acids is 1. The number of amides is 1. The van der Waals surface area contributed by atoms with E-state index in [1.54, 1.807) is 0 Å². The molecule has 0 saturated heterocycles. The quantitative estimate of drug-likeness (QED) is 0.880. The third kappa shape index (κ3) is 2.38. The summed E-state index contributed by atoms with van der Waals surface area (Å²) >= 11 is 5.54. The molecular weight excluding hydrogens is 247 g/mol. The molecule has 0 radical (unpaired) electrons. The molecule has 16 heavy (non-hydrogen) atoms. The van der Waals surface area contributed by atoms with Crippen LogP contribution in [0.15, 0.2) is 12.1 Å². The maximum absolute atomic E-state index is 12.7. The summed E-state index contributed by atoms with van der Waals surface area (Å²) in [4.78, 5) is 10.9. The van der Waals surface area contributed by atoms with E-state index < -0.39 is 29.0 Å². The number of carbonyl (C=O) groups is 1. The highest BCUT2D eigenvalue weighted by Crippen LogP contribution is 2.40. The highest BCUT2D eigenvalue weighted by Gasteiger charge is 2.38. The predicted octanol–water partition coefficient (Wildman–Crippen LogP) is 2.47. The highest BCUT2D eigenvalue weighted by molar-refractivity contribution is 6.31. The number of hydrogen-bond acceptors (Lipinski definition) is 2. The van der Waals surface area contributed by atoms with E-state index in [1.807, 2.05) is 0 Å². The topological polar surface area (TPSA) is 52.3 Å². The number of hydrogen-bond donors (Lipinski definition) is 1. The molecule has 88 valence electrons. The van der Waals surface area contributed by atoms with Gasteiger partial charge < -0.3 is 10.5 Å². The zero-order chi connectivity index (χ0) is 12.5. The molecule has 0 aliphatic rings. The molecule has 0 spiro atoms. The van der Waals surface area contributed by atoms with Crippen LogP contribution in [0.1, 0.15) is 15.9 Å². The van der Waals surface area contributed by atoms with Crippen LogP contribution in [0.5, 0.6) is 5.75 Å². The molecule has 0 saturated carbocycles. The summed E-state index contributed by atoms with van der Waals surface area (Å²) in [5, 5.41) is -0.0568. The van der Waals surface area contributed by atoms with Gasteiger partial charge in [-0.25, -0.2) is 0 Å². The Bertz CT molecular complexity index is 431. The van der Waals surface area contributed by atoms with Gasteiger partial charge in [-0.3, -0.25) is 4.79 Å². The van der Waals surface area contributed by atoms with Crippen molar-refractivity contribution in [2.24, 2.45) is 5.73 Å². The Morgan fingerprint density at radius 3 is 2.38 bits per heavy atom. The number of halogens is 4. The van der Waals surface area contributed by atoms with Crippen LogP contribution in [0.25, 0.3) is 0 Å². The lowest BCUT2D eigenvalue weighted by molar-refractivity contribution is -0.139. The first kappa shape index (κ1) is 12.6. The Hall–Kier alpha value is -1.43. The van der Waals surface area contributed by atoms with Crippen molar-refractivity contribution < 1.29 is 22.7 Å². The van der Waals surface area contributed by atoms with Gasteiger partial charge in [0.1, 0.15) is 11.3 Å². The smallest absolute Gasteiger partial charge is 0.420 e. The second-order valence-electron chi connectivity index (χ2n) is 2.89. The monoisotopic (exact) mass is 253 g/mol. The van der Waals surface area contributed by atoms with Gasteiger partial charge in [0.05, 0.1) is 12.7 Å². The lowest BCUT2D eigenvalue weighted by Crippen LogP contribution is -2.19. The van der Waals surface area contributed by atoms with Crippen molar-refractivity contribution in [3.63, 3.8) is 0 Å². The molecule has 0 aromatic heterocycles. The van der Waals surface area contributed by atoms with Gasteiger partial charge in [-0.05, 0) is 12.1 Å². The zero-order valence-electron chi connectivity index (χ0n) is 8.06. The summed E-state index contributed by atoms with van der Waals surface area (Å²) in [7, 11) is 1.05. The summed E-state index contributed by atoms with van der Waals surface area (Å²) in [6.07, 6.45) is -4.74. The van der Waals surface area contributed by atoms with E-state index in [4.69, 9.17) is 17.3 Å². The fourth-order valence-corrected chi connectivity index (χ4v) is 1.44. The summed E-state index contributed by atoms with van der Waals surface area (Å²) in [5.41, 5.74) is 2.92. The summed E-state index contributed by atoms with van der Waals surface area (Å²) in [6, 6.07) is 1.83. The molecule has 0 fully saturated rings. The van der Waals surface area contributed by atoms with Crippen molar-refractivity contribution in [1.82, 2.24) is 0 Å². The van der Waals surface area contributed by atoms with Crippen molar-refractivity contribution >= 4 is 17.5 Å². The Balaban J connectivity index is 3.58. The van der Waals surface area contributed by atoms with Crippen LogP contribution < -0.4 is 10.5 Å². The Morgan fingerprint density at radius 2 is 2.00 bits per heavy atom. The van der Waals surface area contributed by atoms with E-state index in [1.165, 1.54) is 0 Å². The first-order valence-corrected chi connectivity index (χ1v) is 4.39. The molecule has 0 unspecified atom stereocenters. The van der Waals surface area contributed by atoms with Gasteiger partial charge in [-0.2, -0.15) is 13.2 Å².